The van der Waals surface area contributed by atoms with Crippen molar-refractivity contribution in [2.75, 3.05) is 6.54 Å². The van der Waals surface area contributed by atoms with Crippen LogP contribution in [0.15, 0.2) is 33.2 Å². The van der Waals surface area contributed by atoms with Gasteiger partial charge in [-0.3, -0.25) is 4.48 Å². The van der Waals surface area contributed by atoms with Crippen molar-refractivity contribution in [1.29, 1.82) is 0 Å². The number of hydrogen-bond donors (Lipinski definition) is 0. The quantitative estimate of drug-likeness (QED) is 0.632. The second-order valence-corrected chi connectivity index (χ2v) is 6.46. The van der Waals surface area contributed by atoms with Crippen LogP contribution in [0.3, 0.4) is 0 Å². The van der Waals surface area contributed by atoms with Crippen LogP contribution in [0.5, 0.6) is 0 Å². The van der Waals surface area contributed by atoms with Crippen molar-refractivity contribution >= 4 is 28.0 Å². The molecule has 6 rings (SSSR count). The number of hydrogen-bond acceptors (Lipinski definition) is 3. The predicted octanol–water partition coefficient (Wildman–Crippen LogP) is 4.04. The summed E-state index contributed by atoms with van der Waals surface area (Å²) in [6, 6.07) is 5.01. The van der Waals surface area contributed by atoms with Crippen LogP contribution in [0.25, 0.3) is 22.3 Å². The Bertz CT molecular complexity index is 933. The van der Waals surface area contributed by atoms with Crippen molar-refractivity contribution in [2.24, 2.45) is 5.92 Å². The SMILES string of the molecule is Cc1nc2c(o1)oc1cc([N+]34C=C[C@H](C3)[C@@H]4C)c(C)cc12. The highest BCUT2D eigenvalue weighted by atomic mass is 16.5. The third kappa shape index (κ3) is 1.23. The lowest BCUT2D eigenvalue weighted by molar-refractivity contribution is 0.148. The summed E-state index contributed by atoms with van der Waals surface area (Å²) >= 11 is 0. The molecule has 5 heterocycles. The highest BCUT2D eigenvalue weighted by molar-refractivity contribution is 6.02. The fourth-order valence-electron chi connectivity index (χ4n) is 4.09. The number of rotatable bonds is 1. The topological polar surface area (TPSA) is 39.2 Å². The maximum Gasteiger partial charge on any atom is 0.319 e. The summed E-state index contributed by atoms with van der Waals surface area (Å²) < 4.78 is 12.3. The van der Waals surface area contributed by atoms with Gasteiger partial charge in [0, 0.05) is 18.6 Å². The second-order valence-electron chi connectivity index (χ2n) is 6.46. The highest BCUT2D eigenvalue weighted by Gasteiger charge is 2.56. The molecule has 106 valence electrons. The zero-order valence-corrected chi connectivity index (χ0v) is 12.4. The van der Waals surface area contributed by atoms with Crippen LogP contribution in [-0.4, -0.2) is 17.6 Å². The van der Waals surface area contributed by atoms with Crippen LogP contribution in [0, 0.1) is 19.8 Å². The van der Waals surface area contributed by atoms with E-state index < -0.39 is 0 Å². The van der Waals surface area contributed by atoms with Crippen LogP contribution in [-0.2, 0) is 0 Å². The van der Waals surface area contributed by atoms with Crippen molar-refractivity contribution in [1.82, 2.24) is 9.47 Å². The van der Waals surface area contributed by atoms with Crippen molar-refractivity contribution in [3.8, 4) is 0 Å². The van der Waals surface area contributed by atoms with Gasteiger partial charge in [-0.2, -0.15) is 0 Å². The van der Waals surface area contributed by atoms with Crippen molar-refractivity contribution in [3.05, 3.63) is 35.9 Å². The third-order valence-corrected chi connectivity index (χ3v) is 5.37. The van der Waals surface area contributed by atoms with Gasteiger partial charge in [0.1, 0.15) is 23.9 Å². The largest absolute Gasteiger partial charge is 0.423 e. The zero-order valence-electron chi connectivity index (χ0n) is 12.4. The maximum absolute atomic E-state index is 5.86. The molecule has 3 aliphatic rings. The Morgan fingerprint density at radius 2 is 2.10 bits per heavy atom. The minimum absolute atomic E-state index is 0.533. The van der Waals surface area contributed by atoms with Gasteiger partial charge in [0.2, 0.25) is 0 Å². The molecule has 0 spiro atoms. The average molecular weight is 281 g/mol. The van der Waals surface area contributed by atoms with E-state index in [2.05, 4.69) is 43.2 Å². The first-order valence-electron chi connectivity index (χ1n) is 7.46. The lowest BCUT2D eigenvalue weighted by Crippen LogP contribution is -2.63. The van der Waals surface area contributed by atoms with Crippen molar-refractivity contribution in [3.63, 3.8) is 0 Å². The molecule has 1 aromatic carbocycles. The second kappa shape index (κ2) is 3.39. The van der Waals surface area contributed by atoms with Gasteiger partial charge in [0.25, 0.3) is 0 Å². The van der Waals surface area contributed by atoms with Gasteiger partial charge in [-0.05, 0) is 26.0 Å². The van der Waals surface area contributed by atoms with Gasteiger partial charge in [-0.1, -0.05) is 0 Å². The van der Waals surface area contributed by atoms with E-state index in [9.17, 15) is 0 Å². The third-order valence-electron chi connectivity index (χ3n) is 5.37. The lowest BCUT2D eigenvalue weighted by Gasteiger charge is -2.47. The summed E-state index contributed by atoms with van der Waals surface area (Å²) in [5, 5.41) is 1.05. The molecule has 0 amide bonds. The van der Waals surface area contributed by atoms with Crippen molar-refractivity contribution in [2.45, 2.75) is 26.8 Å². The van der Waals surface area contributed by atoms with E-state index in [0.29, 0.717) is 17.7 Å². The van der Waals surface area contributed by atoms with Gasteiger partial charge >= 0.3 is 5.78 Å². The molecule has 0 radical (unpaired) electrons. The number of nitrogens with zero attached hydrogens (tertiary/aromatic N) is 2. The predicted molar refractivity (Wildman–Crippen MR) is 82.0 cm³/mol. The summed E-state index contributed by atoms with van der Waals surface area (Å²) in [6.45, 7) is 7.54. The number of oxazole rings is 1. The molecule has 0 aliphatic carbocycles. The fraction of sp³-hybridized carbons (Fsp3) is 0.353. The van der Waals surface area contributed by atoms with Crippen molar-refractivity contribution < 1.29 is 8.83 Å². The van der Waals surface area contributed by atoms with Crippen LogP contribution in [0.4, 0.5) is 5.69 Å². The maximum atomic E-state index is 5.86. The molecular weight excluding hydrogens is 264 g/mol. The van der Waals surface area contributed by atoms with Gasteiger partial charge in [-0.25, -0.2) is 4.98 Å². The first-order chi connectivity index (χ1) is 10.1. The first-order valence-corrected chi connectivity index (χ1v) is 7.46. The van der Waals surface area contributed by atoms with E-state index in [4.69, 9.17) is 8.83 Å². The molecule has 4 heteroatoms. The van der Waals surface area contributed by atoms with Gasteiger partial charge < -0.3 is 8.83 Å². The summed E-state index contributed by atoms with van der Waals surface area (Å²) in [5.74, 6) is 1.92. The molecule has 2 aromatic heterocycles. The molecule has 1 saturated heterocycles. The molecule has 21 heavy (non-hydrogen) atoms. The number of furan rings is 1. The normalized spacial score (nSPS) is 30.4. The van der Waals surface area contributed by atoms with Crippen LogP contribution in [0.1, 0.15) is 18.4 Å². The van der Waals surface area contributed by atoms with E-state index in [1.165, 1.54) is 17.8 Å². The summed E-state index contributed by atoms with van der Waals surface area (Å²) in [4.78, 5) is 4.43. The zero-order chi connectivity index (χ0) is 14.4. The van der Waals surface area contributed by atoms with Crippen LogP contribution in [0.2, 0.25) is 0 Å². The Morgan fingerprint density at radius 1 is 1.24 bits per heavy atom. The number of aryl methyl sites for hydroxylation is 2. The van der Waals surface area contributed by atoms with Gasteiger partial charge in [-0.15, -0.1) is 0 Å². The van der Waals surface area contributed by atoms with E-state index >= 15 is 0 Å². The molecule has 1 unspecified atom stereocenters. The molecule has 1 fully saturated rings. The van der Waals surface area contributed by atoms with Gasteiger partial charge in [0.05, 0.1) is 17.5 Å². The Morgan fingerprint density at radius 3 is 2.81 bits per heavy atom. The lowest BCUT2D eigenvalue weighted by atomic mass is 9.89. The summed E-state index contributed by atoms with van der Waals surface area (Å²) in [7, 11) is 0. The molecular formula is C17H17N2O2+. The van der Waals surface area contributed by atoms with Crippen LogP contribution >= 0.6 is 0 Å². The number of aromatic nitrogens is 1. The van der Waals surface area contributed by atoms with Crippen LogP contribution < -0.4 is 4.48 Å². The number of benzene rings is 1. The van der Waals surface area contributed by atoms with E-state index in [0.717, 1.165) is 26.9 Å². The molecule has 3 aromatic rings. The van der Waals surface area contributed by atoms with E-state index in [1.807, 2.05) is 6.92 Å². The average Bonchev–Trinajstić information content (AvgIpc) is 3.16. The first kappa shape index (κ1) is 11.6. The van der Waals surface area contributed by atoms with E-state index in [-0.39, 0.29) is 0 Å². The Hall–Kier alpha value is -2.07. The molecule has 3 atom stereocenters. The smallest absolute Gasteiger partial charge is 0.319 e. The summed E-state index contributed by atoms with van der Waals surface area (Å²) in [6.07, 6.45) is 4.70. The molecule has 4 nitrogen and oxygen atoms in total. The number of quaternary nitrogens is 1. The number of fused-ring (bicyclic) bond motifs is 3. The van der Waals surface area contributed by atoms with Gasteiger partial charge in [0.15, 0.2) is 11.4 Å². The summed E-state index contributed by atoms with van der Waals surface area (Å²) in [5.41, 5.74) is 4.35. The molecule has 3 aliphatic heterocycles. The Balaban J connectivity index is 1.79. The standard InChI is InChI=1S/C17H17N2O2/c1-9-6-13-15(21-17-16(13)18-11(3)20-17)7-14(9)19-5-4-12(8-19)10(19)2/h4-7,10,12H,8H2,1-3H3/q+1/t10-,12+,19?/m0/s1. The Kier molecular flexibility index (Phi) is 1.87. The fourth-order valence-corrected chi connectivity index (χ4v) is 4.09. The highest BCUT2D eigenvalue weighted by Crippen LogP contribution is 2.49. The minimum atomic E-state index is 0.533. The van der Waals surface area contributed by atoms with E-state index in [1.54, 1.807) is 0 Å². The Labute approximate surface area is 122 Å². The molecule has 2 bridgehead atoms. The monoisotopic (exact) mass is 281 g/mol. The molecule has 0 saturated carbocycles. The molecule has 0 N–H and O–H groups in total. The minimum Gasteiger partial charge on any atom is -0.423 e.